The lowest BCUT2D eigenvalue weighted by atomic mass is 10.2. The van der Waals surface area contributed by atoms with Crippen molar-refractivity contribution in [2.75, 3.05) is 49.7 Å². The molecule has 2 aliphatic heterocycles. The van der Waals surface area contributed by atoms with Gasteiger partial charge in [0.25, 0.3) is 11.8 Å². The fraction of sp³-hybridized carbons (Fsp3) is 0.375. The first-order valence-corrected chi connectivity index (χ1v) is 8.47. The SMILES string of the molecule is O=C1C=C(Nc2cc(Br)ccc2N2CCOCC2)C(=O)N1CCO. The van der Waals surface area contributed by atoms with E-state index in [1.807, 2.05) is 18.2 Å². The molecule has 1 saturated heterocycles. The molecule has 0 radical (unpaired) electrons. The maximum atomic E-state index is 12.3. The number of rotatable bonds is 5. The minimum absolute atomic E-state index is 0.00580. The Labute approximate surface area is 148 Å². The molecule has 1 aromatic rings. The Hall–Kier alpha value is -1.90. The van der Waals surface area contributed by atoms with Crippen molar-refractivity contribution < 1.29 is 19.4 Å². The molecule has 0 bridgehead atoms. The van der Waals surface area contributed by atoms with Gasteiger partial charge >= 0.3 is 0 Å². The number of halogens is 1. The van der Waals surface area contributed by atoms with Crippen LogP contribution in [0.1, 0.15) is 0 Å². The van der Waals surface area contributed by atoms with E-state index in [4.69, 9.17) is 9.84 Å². The predicted molar refractivity (Wildman–Crippen MR) is 92.7 cm³/mol. The van der Waals surface area contributed by atoms with Crippen LogP contribution in [0.15, 0.2) is 34.4 Å². The van der Waals surface area contributed by atoms with E-state index in [9.17, 15) is 9.59 Å². The number of ether oxygens (including phenoxy) is 1. The van der Waals surface area contributed by atoms with Crippen molar-refractivity contribution in [1.29, 1.82) is 0 Å². The second-order valence-corrected chi connectivity index (χ2v) is 6.38. The number of hydrogen-bond donors (Lipinski definition) is 2. The summed E-state index contributed by atoms with van der Waals surface area (Å²) in [6, 6.07) is 5.77. The van der Waals surface area contributed by atoms with Gasteiger partial charge in [-0.15, -0.1) is 0 Å². The quantitative estimate of drug-likeness (QED) is 0.722. The van der Waals surface area contributed by atoms with Crippen LogP contribution in [-0.2, 0) is 14.3 Å². The molecule has 0 aliphatic carbocycles. The molecule has 0 atom stereocenters. The summed E-state index contributed by atoms with van der Waals surface area (Å²) in [4.78, 5) is 27.4. The largest absolute Gasteiger partial charge is 0.395 e. The van der Waals surface area contributed by atoms with E-state index in [0.717, 1.165) is 33.8 Å². The molecule has 2 amide bonds. The second-order valence-electron chi connectivity index (χ2n) is 5.46. The third-order valence-corrected chi connectivity index (χ3v) is 4.41. The standard InChI is InChI=1S/C16H18BrN3O4/c17-11-1-2-14(19-4-7-24-8-5-19)12(9-11)18-13-10-15(22)20(3-6-21)16(13)23/h1-2,9-10,18,21H,3-8H2. The minimum Gasteiger partial charge on any atom is -0.395 e. The first kappa shape index (κ1) is 16.9. The van der Waals surface area contributed by atoms with Crippen LogP contribution < -0.4 is 10.2 Å². The summed E-state index contributed by atoms with van der Waals surface area (Å²) in [5.41, 5.74) is 1.90. The molecule has 3 rings (SSSR count). The van der Waals surface area contributed by atoms with Crippen LogP contribution in [0.4, 0.5) is 11.4 Å². The molecule has 128 valence electrons. The number of nitrogens with one attached hydrogen (secondary N) is 1. The zero-order valence-corrected chi connectivity index (χ0v) is 14.6. The number of amides is 2. The van der Waals surface area contributed by atoms with Crippen LogP contribution in [-0.4, -0.2) is 61.3 Å². The van der Waals surface area contributed by atoms with Gasteiger partial charge in [-0.25, -0.2) is 0 Å². The van der Waals surface area contributed by atoms with Crippen molar-refractivity contribution in [2.45, 2.75) is 0 Å². The first-order valence-electron chi connectivity index (χ1n) is 7.68. The number of aliphatic hydroxyl groups is 1. The highest BCUT2D eigenvalue weighted by Gasteiger charge is 2.31. The number of morpholine rings is 1. The van der Waals surface area contributed by atoms with Crippen LogP contribution >= 0.6 is 15.9 Å². The van der Waals surface area contributed by atoms with Crippen LogP contribution in [0.5, 0.6) is 0 Å². The lowest BCUT2D eigenvalue weighted by molar-refractivity contribution is -0.137. The fourth-order valence-electron chi connectivity index (χ4n) is 2.74. The Morgan fingerprint density at radius 2 is 2.00 bits per heavy atom. The zero-order valence-electron chi connectivity index (χ0n) is 13.0. The van der Waals surface area contributed by atoms with E-state index in [1.165, 1.54) is 6.08 Å². The van der Waals surface area contributed by atoms with Crippen LogP contribution in [0, 0.1) is 0 Å². The molecular weight excluding hydrogens is 378 g/mol. The molecule has 24 heavy (non-hydrogen) atoms. The van der Waals surface area contributed by atoms with Crippen LogP contribution in [0.3, 0.4) is 0 Å². The number of anilines is 2. The van der Waals surface area contributed by atoms with E-state index in [2.05, 4.69) is 26.1 Å². The number of β-amino-alcohol motifs (C(OH)–C–C–N with tert-alkyl or cyclic N) is 1. The number of carbonyl (C=O) groups is 2. The van der Waals surface area contributed by atoms with Gasteiger partial charge in [0, 0.05) is 23.6 Å². The van der Waals surface area contributed by atoms with Crippen molar-refractivity contribution in [1.82, 2.24) is 4.90 Å². The highest BCUT2D eigenvalue weighted by molar-refractivity contribution is 9.10. The van der Waals surface area contributed by atoms with E-state index in [-0.39, 0.29) is 18.8 Å². The predicted octanol–water partition coefficient (Wildman–Crippen LogP) is 0.943. The fourth-order valence-corrected chi connectivity index (χ4v) is 3.10. The van der Waals surface area contributed by atoms with Crippen molar-refractivity contribution in [2.24, 2.45) is 0 Å². The maximum Gasteiger partial charge on any atom is 0.277 e. The monoisotopic (exact) mass is 395 g/mol. The third-order valence-electron chi connectivity index (χ3n) is 3.91. The number of imide groups is 1. The van der Waals surface area contributed by atoms with Gasteiger partial charge in [-0.3, -0.25) is 14.5 Å². The summed E-state index contributed by atoms with van der Waals surface area (Å²) in [7, 11) is 0. The Morgan fingerprint density at radius 1 is 1.25 bits per heavy atom. The molecular formula is C16H18BrN3O4. The maximum absolute atomic E-state index is 12.3. The highest BCUT2D eigenvalue weighted by Crippen LogP contribution is 2.32. The Balaban J connectivity index is 1.84. The van der Waals surface area contributed by atoms with Gasteiger partial charge in [0.05, 0.1) is 37.7 Å². The van der Waals surface area contributed by atoms with E-state index in [0.29, 0.717) is 13.2 Å². The number of carbonyl (C=O) groups excluding carboxylic acids is 2. The van der Waals surface area contributed by atoms with Crippen molar-refractivity contribution in [3.63, 3.8) is 0 Å². The number of nitrogens with zero attached hydrogens (tertiary/aromatic N) is 2. The molecule has 2 N–H and O–H groups in total. The lowest BCUT2D eigenvalue weighted by Crippen LogP contribution is -2.37. The van der Waals surface area contributed by atoms with Crippen molar-refractivity contribution in [3.8, 4) is 0 Å². The van der Waals surface area contributed by atoms with Crippen LogP contribution in [0.25, 0.3) is 0 Å². The molecule has 0 saturated carbocycles. The smallest absolute Gasteiger partial charge is 0.277 e. The Morgan fingerprint density at radius 3 is 2.71 bits per heavy atom. The van der Waals surface area contributed by atoms with Crippen molar-refractivity contribution in [3.05, 3.63) is 34.4 Å². The van der Waals surface area contributed by atoms with Gasteiger partial charge < -0.3 is 20.1 Å². The molecule has 7 nitrogen and oxygen atoms in total. The molecule has 1 fully saturated rings. The molecule has 1 aromatic carbocycles. The summed E-state index contributed by atoms with van der Waals surface area (Å²) in [6.45, 7) is 2.57. The number of hydrogen-bond acceptors (Lipinski definition) is 6. The molecule has 2 aliphatic rings. The average molecular weight is 396 g/mol. The van der Waals surface area contributed by atoms with Crippen molar-refractivity contribution >= 4 is 39.1 Å². The summed E-state index contributed by atoms with van der Waals surface area (Å²) in [5.74, 6) is -0.846. The van der Waals surface area contributed by atoms with Gasteiger partial charge in [-0.1, -0.05) is 15.9 Å². The molecule has 8 heteroatoms. The van der Waals surface area contributed by atoms with Gasteiger partial charge in [-0.05, 0) is 18.2 Å². The third kappa shape index (κ3) is 3.45. The van der Waals surface area contributed by atoms with E-state index >= 15 is 0 Å². The lowest BCUT2D eigenvalue weighted by Gasteiger charge is -2.31. The van der Waals surface area contributed by atoms with Crippen LogP contribution in [0.2, 0.25) is 0 Å². The van der Waals surface area contributed by atoms with Gasteiger partial charge in [0.1, 0.15) is 5.70 Å². The van der Waals surface area contributed by atoms with Gasteiger partial charge in [-0.2, -0.15) is 0 Å². The summed E-state index contributed by atoms with van der Waals surface area (Å²) >= 11 is 3.44. The average Bonchev–Trinajstić information content (AvgIpc) is 2.84. The van der Waals surface area contributed by atoms with Gasteiger partial charge in [0.15, 0.2) is 0 Å². The normalized spacial score (nSPS) is 18.2. The minimum atomic E-state index is -0.429. The highest BCUT2D eigenvalue weighted by atomic mass is 79.9. The Kier molecular flexibility index (Phi) is 5.17. The van der Waals surface area contributed by atoms with E-state index in [1.54, 1.807) is 0 Å². The first-order chi connectivity index (χ1) is 11.6. The Bertz CT molecular complexity index is 686. The summed E-state index contributed by atoms with van der Waals surface area (Å²) in [5, 5.41) is 12.0. The van der Waals surface area contributed by atoms with Gasteiger partial charge in [0.2, 0.25) is 0 Å². The molecule has 2 heterocycles. The summed E-state index contributed by atoms with van der Waals surface area (Å²) in [6.07, 6.45) is 1.27. The topological polar surface area (TPSA) is 82.1 Å². The summed E-state index contributed by atoms with van der Waals surface area (Å²) < 4.78 is 6.25. The van der Waals surface area contributed by atoms with E-state index < -0.39 is 11.8 Å². The number of aliphatic hydroxyl groups excluding tert-OH is 1. The second kappa shape index (κ2) is 7.33. The molecule has 0 aromatic heterocycles. The molecule has 0 spiro atoms. The number of benzene rings is 1. The molecule has 0 unspecified atom stereocenters. The zero-order chi connectivity index (χ0) is 17.1.